The van der Waals surface area contributed by atoms with Crippen molar-refractivity contribution in [1.29, 1.82) is 0 Å². The molecular formula is C92H135N9O27. The van der Waals surface area contributed by atoms with E-state index >= 15 is 0 Å². The van der Waals surface area contributed by atoms with E-state index in [1.807, 2.05) is 19.9 Å². The Morgan fingerprint density at radius 1 is 0.469 bits per heavy atom. The normalized spacial score (nSPS) is 33.4. The number of fused-ring (bicyclic) bond motifs is 3. The van der Waals surface area contributed by atoms with Gasteiger partial charge in [0.1, 0.15) is 97.6 Å². The number of unbranched alkanes of at least 4 members (excludes halogenated alkanes) is 2. The molecule has 1 aromatic rings. The summed E-state index contributed by atoms with van der Waals surface area (Å²) in [4.78, 5) is 239. The van der Waals surface area contributed by atoms with Crippen molar-refractivity contribution < 1.29 is 131 Å². The second-order valence-electron chi connectivity index (χ2n) is 39.9. The quantitative estimate of drug-likeness (QED) is 0.0466. The van der Waals surface area contributed by atoms with E-state index in [4.69, 9.17) is 29.5 Å². The number of nitrogens with one attached hydrogen (secondary N) is 4. The molecule has 1 aromatic carbocycles. The SMILES string of the molecule is CC(=O)C1CCC(C)(C(=O)O)C1.CC(=O)[C@@]1(C)CCC(C(=O)O)C1.CC(=O)[C@]1(C)CC2C(=O)N[C@@]3(CC[C@H](C(=O)O)C3)C(=O)N2C1.CCCCN1C(=O)[C@@H]2C[C@@]3(CN2C(=O)[C@@]12C[C@@H](C(C)=O)N(C(=O)OC(C)(C)C)C2)NC(=O)C1C[C@@](C)(C(C)=O)CN1C3=O.CCCCNC1(C(=O)O)CCC(C(C)=O)C1.COc1ccc(CNC2(C(=O)O)CCC(C(C)=O)C2)c(OC)c1. The smallest absolute Gasteiger partial charge is 0.411 e. The summed E-state index contributed by atoms with van der Waals surface area (Å²) in [6.07, 6.45) is 10.7. The van der Waals surface area contributed by atoms with Crippen LogP contribution in [0.15, 0.2) is 18.2 Å². The van der Waals surface area contributed by atoms with Gasteiger partial charge in [-0.2, -0.15) is 0 Å². The number of likely N-dealkylation sites (tertiary alicyclic amines) is 1. The van der Waals surface area contributed by atoms with Crippen molar-refractivity contribution in [1.82, 2.24) is 45.8 Å². The first kappa shape index (κ1) is 103. The number of ether oxygens (including phenoxy) is 3. The molecule has 3 spiro atoms. The molecule has 7 saturated heterocycles. The van der Waals surface area contributed by atoms with Crippen molar-refractivity contribution in [2.24, 2.45) is 51.2 Å². The molecule has 12 fully saturated rings. The van der Waals surface area contributed by atoms with Gasteiger partial charge in [0.25, 0.3) is 11.8 Å². The fourth-order valence-corrected chi connectivity index (χ4v) is 20.5. The number of amides is 7. The largest absolute Gasteiger partial charge is 0.497 e. The number of Topliss-reactive ketones (excluding diaryl/α,β-unsaturated/α-hetero) is 7. The molecule has 36 heteroatoms. The highest BCUT2D eigenvalue weighted by molar-refractivity contribution is 6.08. The number of carbonyl (C=O) groups excluding carboxylic acids is 14. The molecule has 7 amide bonds. The monoisotopic (exact) mass is 1800 g/mol. The van der Waals surface area contributed by atoms with Crippen LogP contribution in [0.4, 0.5) is 4.79 Å². The third kappa shape index (κ3) is 21.8. The average Bonchev–Trinajstić information content (AvgIpc) is 1.53. The predicted octanol–water partition coefficient (Wildman–Crippen LogP) is 7.09. The van der Waals surface area contributed by atoms with E-state index in [2.05, 4.69) is 28.2 Å². The van der Waals surface area contributed by atoms with Crippen molar-refractivity contribution in [3.05, 3.63) is 23.8 Å². The van der Waals surface area contributed by atoms with Gasteiger partial charge in [0.05, 0.1) is 50.6 Å². The molecular weight excluding hydrogens is 1660 g/mol. The van der Waals surface area contributed by atoms with E-state index in [1.165, 1.54) is 59.1 Å². The van der Waals surface area contributed by atoms with Crippen molar-refractivity contribution in [3.63, 3.8) is 0 Å². The molecule has 7 aliphatic heterocycles. The molecule has 710 valence electrons. The first-order valence-electron chi connectivity index (χ1n) is 44.7. The third-order valence-electron chi connectivity index (χ3n) is 29.4. The van der Waals surface area contributed by atoms with E-state index in [-0.39, 0.29) is 146 Å². The highest BCUT2D eigenvalue weighted by atomic mass is 16.6. The van der Waals surface area contributed by atoms with Crippen molar-refractivity contribution >= 4 is 112 Å². The van der Waals surface area contributed by atoms with Crippen molar-refractivity contribution in [2.45, 2.75) is 322 Å². The first-order valence-corrected chi connectivity index (χ1v) is 44.7. The summed E-state index contributed by atoms with van der Waals surface area (Å²) in [5.41, 5.74) is -8.64. The summed E-state index contributed by atoms with van der Waals surface area (Å²) in [7, 11) is 3.14. The van der Waals surface area contributed by atoms with E-state index in [0.717, 1.165) is 37.7 Å². The lowest BCUT2D eigenvalue weighted by Gasteiger charge is -2.48. The van der Waals surface area contributed by atoms with Crippen molar-refractivity contribution in [2.75, 3.05) is 53.5 Å². The Balaban J connectivity index is 0.000000204. The van der Waals surface area contributed by atoms with Gasteiger partial charge in [-0.25, -0.2) is 4.79 Å². The lowest BCUT2D eigenvalue weighted by molar-refractivity contribution is -0.168. The zero-order valence-corrected chi connectivity index (χ0v) is 77.6. The second kappa shape index (κ2) is 40.1. The average molecular weight is 1800 g/mol. The molecule has 18 atom stereocenters. The number of piperazine rings is 3. The van der Waals surface area contributed by atoms with Crippen LogP contribution in [0.3, 0.4) is 0 Å². The standard InChI is InChI=1S/C30H43N5O8.C17H23NO5.C15H20N2O5.C12H21NO3.2C9H14O3/c1-8-9-10-35-23(39)21-12-29(24(40)32-14-28(7,18(3)37)11-20(32)22(38)31-29)15-33(21)25(41)30(35)13-19(17(2)36)34(16-30)26(42)43-27(4,5)6;1-11(19)12-6-7-17(9-12,16(20)21)18-10-13-4-5-14(22-2)8-15(13)23-3;1-8(18)14(2)6-10-11(19)16-15(13(22)17(10)7-14)4-3-9(5-15)12(20)21;1-3-4-7-13-12(11(15)16)6-5-10(8-12)9(2)14;1-6(10)9(2)4-3-7(5-9)8(11)12;1-6(10)7-3-4-9(2,5-7)8(11)12/h19-21H,8-16H2,1-7H3,(H,31,38);4-5,8,12,18H,6-7,9-10H2,1-3H3,(H,20,21);9-10H,3-7H2,1-2H3,(H,16,19)(H,20,21);10,13H,3-8H2,1-2H3,(H,15,16);2*7H,3-5H2,1-2H3,(H,11,12)/t19-,20?,21-,28+,29-,30-;;9-,10?,14+,15+;;7?,9-;/m0.0.0./s1. The minimum atomic E-state index is -1.52. The molecule has 9 N–H and O–H groups in total. The van der Waals surface area contributed by atoms with Gasteiger partial charge in [0.15, 0.2) is 5.78 Å². The van der Waals surface area contributed by atoms with Crippen LogP contribution >= 0.6 is 0 Å². The number of hydrogen-bond donors (Lipinski definition) is 9. The molecule has 5 saturated carbocycles. The molecule has 7 heterocycles. The zero-order valence-electron chi connectivity index (χ0n) is 77.6. The Morgan fingerprint density at radius 2 is 0.922 bits per heavy atom. The number of aliphatic carboxylic acids is 5. The van der Waals surface area contributed by atoms with E-state index in [1.54, 1.807) is 81.7 Å². The van der Waals surface area contributed by atoms with E-state index < -0.39 is 133 Å². The van der Waals surface area contributed by atoms with Gasteiger partial charge >= 0.3 is 35.9 Å². The van der Waals surface area contributed by atoms with Crippen LogP contribution in [0.25, 0.3) is 0 Å². The minimum absolute atomic E-state index is 0.0221. The summed E-state index contributed by atoms with van der Waals surface area (Å²) < 4.78 is 16.1. The fourth-order valence-electron chi connectivity index (χ4n) is 20.5. The number of nitrogens with zero attached hydrogens (tertiary/aromatic N) is 5. The van der Waals surface area contributed by atoms with Gasteiger partial charge in [0, 0.05) is 84.6 Å². The van der Waals surface area contributed by atoms with E-state index in [0.29, 0.717) is 114 Å². The molecule has 0 aromatic heterocycles. The predicted molar refractivity (Wildman–Crippen MR) is 460 cm³/mol. The summed E-state index contributed by atoms with van der Waals surface area (Å²) in [5.74, 6) is -6.30. The summed E-state index contributed by atoms with van der Waals surface area (Å²) in [6.45, 7) is 27.9. The Labute approximate surface area is 747 Å². The summed E-state index contributed by atoms with van der Waals surface area (Å²) in [5, 5.41) is 57.5. The van der Waals surface area contributed by atoms with Crippen LogP contribution in [-0.4, -0.2) is 273 Å². The molecule has 0 bridgehead atoms. The molecule has 9 unspecified atom stereocenters. The minimum Gasteiger partial charge on any atom is -0.497 e. The first-order chi connectivity index (χ1) is 59.4. The number of rotatable bonds is 24. The Bertz CT molecular complexity index is 4500. The number of carboxylic acids is 5. The maximum absolute atomic E-state index is 14.6. The second-order valence-corrected chi connectivity index (χ2v) is 39.9. The number of methoxy groups -OCH3 is 2. The van der Waals surface area contributed by atoms with Gasteiger partial charge in [-0.15, -0.1) is 0 Å². The summed E-state index contributed by atoms with van der Waals surface area (Å²) in [6, 6.07) is 2.03. The zero-order chi connectivity index (χ0) is 96.1. The molecule has 13 rings (SSSR count). The van der Waals surface area contributed by atoms with Crippen LogP contribution in [0.5, 0.6) is 11.5 Å². The molecule has 5 aliphatic carbocycles. The third-order valence-corrected chi connectivity index (χ3v) is 29.4. The number of carbonyl (C=O) groups is 19. The van der Waals surface area contributed by atoms with Gasteiger partial charge in [0.2, 0.25) is 23.6 Å². The maximum Gasteiger partial charge on any atom is 0.411 e. The maximum atomic E-state index is 14.6. The van der Waals surface area contributed by atoms with Crippen LogP contribution in [0.1, 0.15) is 264 Å². The van der Waals surface area contributed by atoms with Crippen molar-refractivity contribution in [3.8, 4) is 11.5 Å². The number of benzene rings is 1. The van der Waals surface area contributed by atoms with Gasteiger partial charge in [-0.1, -0.05) is 53.5 Å². The Kier molecular flexibility index (Phi) is 32.3. The van der Waals surface area contributed by atoms with Gasteiger partial charge in [-0.05, 0) is 211 Å². The van der Waals surface area contributed by atoms with E-state index in [9.17, 15) is 101 Å². The lowest BCUT2D eigenvalue weighted by Crippen LogP contribution is -2.72. The molecule has 12 aliphatic rings. The van der Waals surface area contributed by atoms with Crippen LogP contribution in [-0.2, 0) is 97.6 Å². The highest BCUT2D eigenvalue weighted by Gasteiger charge is 2.70. The number of ketones is 7. The van der Waals surface area contributed by atoms with Gasteiger partial charge < -0.3 is 75.3 Å². The number of hydrogen-bond acceptors (Lipinski definition) is 24. The van der Waals surface area contributed by atoms with Crippen LogP contribution in [0, 0.1) is 51.2 Å². The molecule has 0 radical (unpaired) electrons. The Hall–Kier alpha value is -10.1. The summed E-state index contributed by atoms with van der Waals surface area (Å²) >= 11 is 0. The molecule has 128 heavy (non-hydrogen) atoms. The Morgan fingerprint density at radius 3 is 1.34 bits per heavy atom. The lowest BCUT2D eigenvalue weighted by atomic mass is 9.84. The fraction of sp³-hybridized carbons (Fsp3) is 0.728. The highest BCUT2D eigenvalue weighted by Crippen LogP contribution is 2.50. The topological polar surface area (TPSA) is 517 Å². The van der Waals surface area contributed by atoms with Gasteiger partial charge in [-0.3, -0.25) is 96.5 Å². The molecule has 36 nitrogen and oxygen atoms in total. The number of carboxylic acid groups (broad SMARTS) is 5. The van der Waals surface area contributed by atoms with Crippen LogP contribution < -0.4 is 30.7 Å². The van der Waals surface area contributed by atoms with Crippen LogP contribution in [0.2, 0.25) is 0 Å².